The Morgan fingerprint density at radius 2 is 1.80 bits per heavy atom. The van der Waals surface area contributed by atoms with Crippen LogP contribution >= 0.6 is 24.0 Å². The van der Waals surface area contributed by atoms with E-state index in [2.05, 4.69) is 47.1 Å². The molecule has 3 nitrogen and oxygen atoms in total. The Bertz CT molecular complexity index is 830. The number of aromatic nitrogens is 1. The van der Waals surface area contributed by atoms with Crippen LogP contribution in [0.1, 0.15) is 16.8 Å². The maximum absolute atomic E-state index is 6.36. The molecule has 0 aliphatic carbocycles. The first-order chi connectivity index (χ1) is 11.7. The number of fused-ring (bicyclic) bond motifs is 1. The van der Waals surface area contributed by atoms with Gasteiger partial charge >= 0.3 is 0 Å². The molecule has 134 valence electrons. The Morgan fingerprint density at radius 3 is 2.56 bits per heavy atom. The highest BCUT2D eigenvalue weighted by molar-refractivity contribution is 6.31. The number of benzene rings is 2. The van der Waals surface area contributed by atoms with Crippen LogP contribution < -0.4 is 5.32 Å². The molecule has 3 rings (SSSR count). The number of ether oxygens (including phenoxy) is 1. The van der Waals surface area contributed by atoms with Crippen LogP contribution in [0.2, 0.25) is 5.02 Å². The SMILES string of the molecule is COCCNCc1c(C)n(Cc2ccccc2Cl)c2ccccc12.Cl. The number of hydrogen-bond acceptors (Lipinski definition) is 2. The van der Waals surface area contributed by atoms with Gasteiger partial charge in [-0.2, -0.15) is 0 Å². The van der Waals surface area contributed by atoms with Crippen LogP contribution in [-0.2, 0) is 17.8 Å². The summed E-state index contributed by atoms with van der Waals surface area (Å²) in [7, 11) is 1.72. The maximum Gasteiger partial charge on any atom is 0.0587 e. The third-order valence-electron chi connectivity index (χ3n) is 4.43. The topological polar surface area (TPSA) is 26.2 Å². The summed E-state index contributed by atoms with van der Waals surface area (Å²) in [5.41, 5.74) is 5.01. The van der Waals surface area contributed by atoms with E-state index in [0.717, 1.165) is 36.8 Å². The number of nitrogens with zero attached hydrogens (tertiary/aromatic N) is 1. The Kier molecular flexibility index (Phi) is 7.33. The molecule has 0 bridgehead atoms. The molecule has 5 heteroatoms. The molecule has 3 aromatic rings. The fourth-order valence-electron chi connectivity index (χ4n) is 3.11. The first kappa shape index (κ1) is 19.8. The van der Waals surface area contributed by atoms with Gasteiger partial charge in [-0.15, -0.1) is 12.4 Å². The minimum Gasteiger partial charge on any atom is -0.383 e. The minimum atomic E-state index is 0. The van der Waals surface area contributed by atoms with Crippen molar-refractivity contribution < 1.29 is 4.74 Å². The molecule has 1 aromatic heterocycles. The number of halogens is 2. The minimum absolute atomic E-state index is 0. The molecule has 0 amide bonds. The predicted octanol–water partition coefficient (Wildman–Crippen LogP) is 4.81. The molecule has 0 unspecified atom stereocenters. The lowest BCUT2D eigenvalue weighted by Gasteiger charge is -2.11. The number of para-hydroxylation sites is 1. The van der Waals surface area contributed by atoms with Crippen molar-refractivity contribution in [1.29, 1.82) is 0 Å². The number of nitrogens with one attached hydrogen (secondary N) is 1. The van der Waals surface area contributed by atoms with E-state index < -0.39 is 0 Å². The number of hydrogen-bond donors (Lipinski definition) is 1. The van der Waals surface area contributed by atoms with Gasteiger partial charge in [-0.1, -0.05) is 48.0 Å². The molecular formula is C20H24Cl2N2O. The Hall–Kier alpha value is -1.52. The normalized spacial score (nSPS) is 10.8. The summed E-state index contributed by atoms with van der Waals surface area (Å²) >= 11 is 6.36. The van der Waals surface area contributed by atoms with Crippen LogP contribution in [0.5, 0.6) is 0 Å². The van der Waals surface area contributed by atoms with Crippen LogP contribution in [0.4, 0.5) is 0 Å². The highest BCUT2D eigenvalue weighted by atomic mass is 35.5. The van der Waals surface area contributed by atoms with Gasteiger partial charge in [0.15, 0.2) is 0 Å². The molecule has 0 saturated carbocycles. The molecule has 0 spiro atoms. The number of methoxy groups -OCH3 is 1. The van der Waals surface area contributed by atoms with E-state index in [1.165, 1.54) is 22.2 Å². The lowest BCUT2D eigenvalue weighted by molar-refractivity contribution is 0.199. The monoisotopic (exact) mass is 378 g/mol. The highest BCUT2D eigenvalue weighted by Crippen LogP contribution is 2.28. The molecule has 2 aromatic carbocycles. The van der Waals surface area contributed by atoms with Gasteiger partial charge in [0, 0.05) is 48.4 Å². The van der Waals surface area contributed by atoms with Crippen LogP contribution in [0.15, 0.2) is 48.5 Å². The van der Waals surface area contributed by atoms with E-state index in [4.69, 9.17) is 16.3 Å². The maximum atomic E-state index is 6.36. The lowest BCUT2D eigenvalue weighted by atomic mass is 10.1. The summed E-state index contributed by atoms with van der Waals surface area (Å²) in [4.78, 5) is 0. The van der Waals surface area contributed by atoms with Crippen LogP contribution in [-0.4, -0.2) is 24.8 Å². The largest absolute Gasteiger partial charge is 0.383 e. The smallest absolute Gasteiger partial charge is 0.0587 e. The molecule has 0 saturated heterocycles. The van der Waals surface area contributed by atoms with E-state index in [1.807, 2.05) is 18.2 Å². The summed E-state index contributed by atoms with van der Waals surface area (Å²) in [5.74, 6) is 0. The average Bonchev–Trinajstić information content (AvgIpc) is 2.86. The quantitative estimate of drug-likeness (QED) is 0.597. The lowest BCUT2D eigenvalue weighted by Crippen LogP contribution is -2.19. The summed E-state index contributed by atoms with van der Waals surface area (Å²) < 4.78 is 7.46. The van der Waals surface area contributed by atoms with Gasteiger partial charge < -0.3 is 14.6 Å². The van der Waals surface area contributed by atoms with Crippen molar-refractivity contribution in [2.24, 2.45) is 0 Å². The van der Waals surface area contributed by atoms with Crippen molar-refractivity contribution in [2.45, 2.75) is 20.0 Å². The van der Waals surface area contributed by atoms with E-state index in [9.17, 15) is 0 Å². The van der Waals surface area contributed by atoms with Gasteiger partial charge in [-0.05, 0) is 30.2 Å². The molecule has 1 heterocycles. The van der Waals surface area contributed by atoms with Gasteiger partial charge in [0.1, 0.15) is 0 Å². The van der Waals surface area contributed by atoms with Gasteiger partial charge in [0.25, 0.3) is 0 Å². The van der Waals surface area contributed by atoms with Crippen molar-refractivity contribution in [3.05, 3.63) is 70.4 Å². The van der Waals surface area contributed by atoms with E-state index >= 15 is 0 Å². The molecule has 25 heavy (non-hydrogen) atoms. The first-order valence-corrected chi connectivity index (χ1v) is 8.60. The predicted molar refractivity (Wildman–Crippen MR) is 108 cm³/mol. The zero-order valence-electron chi connectivity index (χ0n) is 14.6. The van der Waals surface area contributed by atoms with Crippen molar-refractivity contribution in [2.75, 3.05) is 20.3 Å². The fourth-order valence-corrected chi connectivity index (χ4v) is 3.31. The molecule has 0 radical (unpaired) electrons. The standard InChI is InChI=1S/C20H23ClN2O.ClH/c1-15-18(13-22-11-12-24-2)17-8-4-6-10-20(17)23(15)14-16-7-3-5-9-19(16)21;/h3-10,22H,11-14H2,1-2H3;1H. The van der Waals surface area contributed by atoms with Crippen molar-refractivity contribution in [1.82, 2.24) is 9.88 Å². The van der Waals surface area contributed by atoms with Gasteiger partial charge in [0.2, 0.25) is 0 Å². The summed E-state index contributed by atoms with van der Waals surface area (Å²) in [6.45, 7) is 5.37. The third kappa shape index (κ3) is 4.36. The fraction of sp³-hybridized carbons (Fsp3) is 0.300. The Morgan fingerprint density at radius 1 is 1.08 bits per heavy atom. The van der Waals surface area contributed by atoms with E-state index in [0.29, 0.717) is 0 Å². The molecular weight excluding hydrogens is 355 g/mol. The zero-order chi connectivity index (χ0) is 16.9. The van der Waals surface area contributed by atoms with Gasteiger partial charge in [0.05, 0.1) is 6.61 Å². The van der Waals surface area contributed by atoms with Gasteiger partial charge in [-0.3, -0.25) is 0 Å². The molecule has 0 aliphatic heterocycles. The summed E-state index contributed by atoms with van der Waals surface area (Å²) in [6, 6.07) is 16.6. The van der Waals surface area contributed by atoms with Crippen molar-refractivity contribution in [3.8, 4) is 0 Å². The Labute approximate surface area is 160 Å². The van der Waals surface area contributed by atoms with E-state index in [-0.39, 0.29) is 12.4 Å². The van der Waals surface area contributed by atoms with Crippen LogP contribution in [0.3, 0.4) is 0 Å². The first-order valence-electron chi connectivity index (χ1n) is 8.22. The van der Waals surface area contributed by atoms with Crippen LogP contribution in [0, 0.1) is 6.92 Å². The second-order valence-corrected chi connectivity index (χ2v) is 6.34. The molecule has 0 fully saturated rings. The Balaban J connectivity index is 0.00000225. The summed E-state index contributed by atoms with van der Waals surface area (Å²) in [6.07, 6.45) is 0. The van der Waals surface area contributed by atoms with Gasteiger partial charge in [-0.25, -0.2) is 0 Å². The molecule has 0 aliphatic rings. The second kappa shape index (κ2) is 9.25. The molecule has 1 N–H and O–H groups in total. The summed E-state index contributed by atoms with van der Waals surface area (Å²) in [5, 5.41) is 5.57. The van der Waals surface area contributed by atoms with Crippen LogP contribution in [0.25, 0.3) is 10.9 Å². The zero-order valence-corrected chi connectivity index (χ0v) is 16.2. The molecule has 0 atom stereocenters. The van der Waals surface area contributed by atoms with E-state index in [1.54, 1.807) is 7.11 Å². The average molecular weight is 379 g/mol. The second-order valence-electron chi connectivity index (χ2n) is 5.93. The van der Waals surface area contributed by atoms with Crippen molar-refractivity contribution >= 4 is 34.9 Å². The number of rotatable bonds is 7. The highest BCUT2D eigenvalue weighted by Gasteiger charge is 2.14. The van der Waals surface area contributed by atoms with Crippen molar-refractivity contribution in [3.63, 3.8) is 0 Å². The third-order valence-corrected chi connectivity index (χ3v) is 4.80.